The number of aromatic nitrogens is 3. The van der Waals surface area contributed by atoms with Gasteiger partial charge in [-0.25, -0.2) is 18.4 Å². The topological polar surface area (TPSA) is 108 Å². The van der Waals surface area contributed by atoms with E-state index >= 15 is 0 Å². The van der Waals surface area contributed by atoms with Crippen molar-refractivity contribution in [3.8, 4) is 0 Å². The molecule has 0 radical (unpaired) electrons. The minimum Gasteiger partial charge on any atom is -0.545 e. The minimum absolute atomic E-state index is 0.0819. The largest absolute Gasteiger partial charge is 0.545 e. The number of carbonyl (C=O) groups excluding carboxylic acids is 1. The molecule has 12 heteroatoms. The molecule has 1 aliphatic heterocycles. The molecule has 3 heterocycles. The van der Waals surface area contributed by atoms with Gasteiger partial charge in [-0.05, 0) is 24.1 Å². The fraction of sp³-hybridized carbons (Fsp3) is 0.381. The van der Waals surface area contributed by atoms with Gasteiger partial charge in [-0.15, -0.1) is 0 Å². The Kier molecular flexibility index (Phi) is 5.38. The normalized spacial score (nSPS) is 16.9. The Morgan fingerprint density at radius 3 is 2.48 bits per heavy atom. The van der Waals surface area contributed by atoms with Crippen molar-refractivity contribution in [3.63, 3.8) is 0 Å². The van der Waals surface area contributed by atoms with E-state index in [2.05, 4.69) is 9.97 Å². The third kappa shape index (κ3) is 4.03. The van der Waals surface area contributed by atoms with Crippen LogP contribution in [0.2, 0.25) is 0 Å². The van der Waals surface area contributed by atoms with Crippen molar-refractivity contribution < 1.29 is 31.5 Å². The van der Waals surface area contributed by atoms with Crippen molar-refractivity contribution in [3.05, 3.63) is 47.4 Å². The van der Waals surface area contributed by atoms with Gasteiger partial charge < -0.3 is 19.4 Å². The number of carboxylic acids is 1. The molecule has 1 unspecified atom stereocenters. The highest BCUT2D eigenvalue weighted by Gasteiger charge is 2.39. The molecule has 2 aromatic heterocycles. The van der Waals surface area contributed by atoms with E-state index in [-0.39, 0.29) is 23.3 Å². The lowest BCUT2D eigenvalue weighted by Gasteiger charge is -2.39. The van der Waals surface area contributed by atoms with Gasteiger partial charge in [0.1, 0.15) is 0 Å². The maximum absolute atomic E-state index is 13.5. The first kappa shape index (κ1) is 23.0. The van der Waals surface area contributed by atoms with Crippen molar-refractivity contribution in [2.24, 2.45) is 5.92 Å². The number of rotatable bonds is 4. The molecule has 0 saturated carbocycles. The number of hydrogen-bond acceptors (Lipinski definition) is 7. The van der Waals surface area contributed by atoms with Gasteiger partial charge in [0.2, 0.25) is 5.95 Å². The van der Waals surface area contributed by atoms with Crippen molar-refractivity contribution in [2.45, 2.75) is 37.5 Å². The van der Waals surface area contributed by atoms with Gasteiger partial charge in [0.05, 0.1) is 16.9 Å². The summed E-state index contributed by atoms with van der Waals surface area (Å²) in [6, 6.07) is 6.25. The Morgan fingerprint density at radius 2 is 1.91 bits per heavy atom. The lowest BCUT2D eigenvalue weighted by atomic mass is 9.97. The third-order valence-corrected chi connectivity index (χ3v) is 6.80. The number of aromatic carboxylic acids is 1. The van der Waals surface area contributed by atoms with E-state index in [1.54, 1.807) is 17.0 Å². The van der Waals surface area contributed by atoms with Gasteiger partial charge in [0.15, 0.2) is 15.5 Å². The second-order valence-corrected chi connectivity index (χ2v) is 10.3. The van der Waals surface area contributed by atoms with Crippen molar-refractivity contribution in [1.82, 2.24) is 14.5 Å². The fourth-order valence-corrected chi connectivity index (χ4v) is 4.93. The van der Waals surface area contributed by atoms with Gasteiger partial charge in [0.25, 0.3) is 0 Å². The number of carbonyl (C=O) groups is 1. The molecular weight excluding hydrogens is 461 g/mol. The standard InChI is InChI=1S/C21H21F3N4O4S/c1-11(2)17-16-8-12-4-5-13(33(3,31)32)9-15(12)27(16)6-7-28(17)20-25-10-14(19(29)30)18(26-20)21(22,23)24/h4-5,8-11,17H,6-7H2,1-3H3,(H,29,30)/p-1. The molecule has 176 valence electrons. The predicted octanol–water partition coefficient (Wildman–Crippen LogP) is 2.43. The predicted molar refractivity (Wildman–Crippen MR) is 111 cm³/mol. The number of carboxylic acid groups (broad SMARTS) is 1. The van der Waals surface area contributed by atoms with Crippen LogP contribution in [-0.4, -0.2) is 41.7 Å². The number of sulfone groups is 1. The number of alkyl halides is 3. The second kappa shape index (κ2) is 7.72. The fourth-order valence-electron chi connectivity index (χ4n) is 4.29. The number of nitrogens with zero attached hydrogens (tertiary/aromatic N) is 4. The third-order valence-electron chi connectivity index (χ3n) is 5.69. The first-order valence-corrected chi connectivity index (χ1v) is 11.9. The number of hydrogen-bond donors (Lipinski definition) is 0. The summed E-state index contributed by atoms with van der Waals surface area (Å²) in [5.41, 5.74) is -1.19. The SMILES string of the molecule is CC(C)C1c2cc3ccc(S(C)(=O)=O)cc3n2CCN1c1ncc(C(=O)[O-])c(C(F)(F)F)n1. The van der Waals surface area contributed by atoms with E-state index < -0.39 is 39.3 Å². The highest BCUT2D eigenvalue weighted by atomic mass is 32.2. The summed E-state index contributed by atoms with van der Waals surface area (Å²) in [4.78, 5) is 20.4. The van der Waals surface area contributed by atoms with Gasteiger partial charge in [-0.2, -0.15) is 13.2 Å². The van der Waals surface area contributed by atoms with Crippen molar-refractivity contribution in [1.29, 1.82) is 0 Å². The summed E-state index contributed by atoms with van der Waals surface area (Å²) in [6.07, 6.45) is -3.24. The average molecular weight is 481 g/mol. The van der Waals surface area contributed by atoms with Crippen LogP contribution in [0, 0.1) is 5.92 Å². The monoisotopic (exact) mass is 481 g/mol. The van der Waals surface area contributed by atoms with Crippen LogP contribution in [0.4, 0.5) is 19.1 Å². The van der Waals surface area contributed by atoms with E-state index in [1.165, 1.54) is 6.07 Å². The van der Waals surface area contributed by atoms with Crippen LogP contribution < -0.4 is 10.0 Å². The molecule has 1 atom stereocenters. The average Bonchev–Trinajstić information content (AvgIpc) is 3.08. The number of halogens is 3. The highest BCUT2D eigenvalue weighted by molar-refractivity contribution is 7.90. The molecule has 0 fully saturated rings. The first-order chi connectivity index (χ1) is 15.3. The van der Waals surface area contributed by atoms with E-state index in [0.717, 1.165) is 17.3 Å². The molecule has 0 spiro atoms. The van der Waals surface area contributed by atoms with Gasteiger partial charge in [0, 0.05) is 47.7 Å². The molecule has 1 aliphatic rings. The molecule has 8 nitrogen and oxygen atoms in total. The zero-order valence-electron chi connectivity index (χ0n) is 17.9. The van der Waals surface area contributed by atoms with Crippen LogP contribution in [-0.2, 0) is 22.6 Å². The Balaban J connectivity index is 1.85. The van der Waals surface area contributed by atoms with E-state index in [9.17, 15) is 31.5 Å². The zero-order valence-corrected chi connectivity index (χ0v) is 18.7. The quantitative estimate of drug-likeness (QED) is 0.563. The van der Waals surface area contributed by atoms with Crippen LogP contribution in [0.25, 0.3) is 10.9 Å². The van der Waals surface area contributed by atoms with E-state index in [1.807, 2.05) is 24.5 Å². The maximum Gasteiger partial charge on any atom is 0.434 e. The Labute approximate surface area is 187 Å². The lowest BCUT2D eigenvalue weighted by molar-refractivity contribution is -0.256. The summed E-state index contributed by atoms with van der Waals surface area (Å²) < 4.78 is 66.3. The summed E-state index contributed by atoms with van der Waals surface area (Å²) in [7, 11) is -3.42. The Hall–Kier alpha value is -3.15. The van der Waals surface area contributed by atoms with E-state index in [0.29, 0.717) is 18.3 Å². The smallest absolute Gasteiger partial charge is 0.434 e. The first-order valence-electron chi connectivity index (χ1n) is 10.0. The summed E-state index contributed by atoms with van der Waals surface area (Å²) in [6.45, 7) is 4.38. The van der Waals surface area contributed by atoms with Crippen LogP contribution in [0.15, 0.2) is 35.4 Å². The molecule has 4 rings (SSSR count). The molecule has 0 N–H and O–H groups in total. The molecule has 0 aliphatic carbocycles. The number of fused-ring (bicyclic) bond motifs is 3. The van der Waals surface area contributed by atoms with Crippen molar-refractivity contribution in [2.75, 3.05) is 17.7 Å². The van der Waals surface area contributed by atoms with Crippen LogP contribution in [0.3, 0.4) is 0 Å². The minimum atomic E-state index is -4.99. The van der Waals surface area contributed by atoms with Crippen LogP contribution in [0.5, 0.6) is 0 Å². The molecule has 0 saturated heterocycles. The summed E-state index contributed by atoms with van der Waals surface area (Å²) in [5, 5.41) is 11.9. The second-order valence-electron chi connectivity index (χ2n) is 8.31. The molecule has 0 amide bonds. The lowest BCUT2D eigenvalue weighted by Crippen LogP contribution is -2.42. The summed E-state index contributed by atoms with van der Waals surface area (Å²) in [5.74, 6) is -2.32. The Bertz CT molecular complexity index is 1370. The summed E-state index contributed by atoms with van der Waals surface area (Å²) >= 11 is 0. The molecule has 1 aromatic carbocycles. The highest BCUT2D eigenvalue weighted by Crippen LogP contribution is 2.39. The van der Waals surface area contributed by atoms with Gasteiger partial charge in [-0.1, -0.05) is 19.9 Å². The number of benzene rings is 1. The molecule has 3 aromatic rings. The van der Waals surface area contributed by atoms with Crippen molar-refractivity contribution >= 4 is 32.7 Å². The van der Waals surface area contributed by atoms with Gasteiger partial charge >= 0.3 is 6.18 Å². The maximum atomic E-state index is 13.5. The zero-order chi connectivity index (χ0) is 24.3. The molecule has 0 bridgehead atoms. The molecular formula is C21H20F3N4O4S-. The number of anilines is 1. The van der Waals surface area contributed by atoms with Gasteiger partial charge in [-0.3, -0.25) is 0 Å². The van der Waals surface area contributed by atoms with E-state index in [4.69, 9.17) is 0 Å². The molecule has 33 heavy (non-hydrogen) atoms. The Morgan fingerprint density at radius 1 is 1.21 bits per heavy atom. The van der Waals surface area contributed by atoms with Crippen LogP contribution >= 0.6 is 0 Å². The van der Waals surface area contributed by atoms with Crippen LogP contribution in [0.1, 0.15) is 41.6 Å².